The van der Waals surface area contributed by atoms with Crippen molar-refractivity contribution in [1.29, 1.82) is 0 Å². The van der Waals surface area contributed by atoms with E-state index in [0.29, 0.717) is 18.2 Å². The number of nitrogens with one attached hydrogen (secondary N) is 2. The Labute approximate surface area is 160 Å². The van der Waals surface area contributed by atoms with Crippen molar-refractivity contribution in [2.24, 2.45) is 0 Å². The maximum Gasteiger partial charge on any atom is 0.407 e. The monoisotopic (exact) mass is 378 g/mol. The number of rotatable bonds is 6. The number of piperidine rings is 1. The van der Waals surface area contributed by atoms with Crippen LogP contribution in [0.5, 0.6) is 5.75 Å². The van der Waals surface area contributed by atoms with Gasteiger partial charge in [0.25, 0.3) is 0 Å². The SMILES string of the molecule is CC(=O)OCOc1ccc(CNC(=O)OC(C)(C)C)cc1C1CCNCC1. The summed E-state index contributed by atoms with van der Waals surface area (Å²) < 4.78 is 15.8. The summed E-state index contributed by atoms with van der Waals surface area (Å²) >= 11 is 0. The van der Waals surface area contributed by atoms with Crippen LogP contribution in [-0.4, -0.2) is 37.5 Å². The van der Waals surface area contributed by atoms with Crippen LogP contribution < -0.4 is 15.4 Å². The molecule has 7 heteroatoms. The molecule has 0 radical (unpaired) electrons. The number of carbonyl (C=O) groups is 2. The summed E-state index contributed by atoms with van der Waals surface area (Å²) in [5.41, 5.74) is 1.51. The molecule has 2 N–H and O–H groups in total. The summed E-state index contributed by atoms with van der Waals surface area (Å²) in [6.07, 6.45) is 1.57. The molecule has 1 aliphatic heterocycles. The van der Waals surface area contributed by atoms with Gasteiger partial charge in [-0.2, -0.15) is 0 Å². The predicted octanol–water partition coefficient (Wildman–Crippen LogP) is 3.08. The second kappa shape index (κ2) is 9.60. The lowest BCUT2D eigenvalue weighted by atomic mass is 9.88. The Morgan fingerprint density at radius 2 is 1.93 bits per heavy atom. The van der Waals surface area contributed by atoms with E-state index in [0.717, 1.165) is 37.1 Å². The quantitative estimate of drug-likeness (QED) is 0.584. The number of benzene rings is 1. The van der Waals surface area contributed by atoms with Crippen LogP contribution in [0.4, 0.5) is 4.79 Å². The van der Waals surface area contributed by atoms with Crippen molar-refractivity contribution in [3.05, 3.63) is 29.3 Å². The van der Waals surface area contributed by atoms with E-state index < -0.39 is 11.7 Å². The lowest BCUT2D eigenvalue weighted by molar-refractivity contribution is -0.147. The van der Waals surface area contributed by atoms with Gasteiger partial charge >= 0.3 is 12.1 Å². The molecule has 2 rings (SSSR count). The summed E-state index contributed by atoms with van der Waals surface area (Å²) in [5, 5.41) is 6.13. The van der Waals surface area contributed by atoms with Crippen LogP contribution in [0.2, 0.25) is 0 Å². The average Bonchev–Trinajstić information content (AvgIpc) is 2.59. The molecule has 1 amide bonds. The molecule has 1 heterocycles. The Hall–Kier alpha value is -2.28. The van der Waals surface area contributed by atoms with Crippen LogP contribution in [0.15, 0.2) is 18.2 Å². The fourth-order valence-corrected chi connectivity index (χ4v) is 2.96. The van der Waals surface area contributed by atoms with Crippen molar-refractivity contribution in [1.82, 2.24) is 10.6 Å². The first-order chi connectivity index (χ1) is 12.7. The van der Waals surface area contributed by atoms with E-state index in [4.69, 9.17) is 14.2 Å². The van der Waals surface area contributed by atoms with Gasteiger partial charge in [-0.15, -0.1) is 0 Å². The number of ether oxygens (including phenoxy) is 3. The molecule has 0 saturated carbocycles. The van der Waals surface area contributed by atoms with Gasteiger partial charge in [0.15, 0.2) is 0 Å². The maximum atomic E-state index is 11.9. The van der Waals surface area contributed by atoms with E-state index in [1.54, 1.807) is 0 Å². The van der Waals surface area contributed by atoms with Crippen molar-refractivity contribution < 1.29 is 23.8 Å². The molecule has 1 fully saturated rings. The molecule has 0 aliphatic carbocycles. The summed E-state index contributed by atoms with van der Waals surface area (Å²) in [7, 11) is 0. The smallest absolute Gasteiger partial charge is 0.407 e. The molecule has 1 aliphatic rings. The number of amides is 1. The highest BCUT2D eigenvalue weighted by Gasteiger charge is 2.20. The van der Waals surface area contributed by atoms with Crippen LogP contribution in [0.1, 0.15) is 57.6 Å². The van der Waals surface area contributed by atoms with Gasteiger partial charge in [-0.1, -0.05) is 12.1 Å². The zero-order chi connectivity index (χ0) is 19.9. The number of esters is 1. The molecular weight excluding hydrogens is 348 g/mol. The van der Waals surface area contributed by atoms with Crippen LogP contribution in [0.25, 0.3) is 0 Å². The van der Waals surface area contributed by atoms with E-state index in [-0.39, 0.29) is 12.8 Å². The number of alkyl carbamates (subject to hydrolysis) is 1. The van der Waals surface area contributed by atoms with Crippen molar-refractivity contribution in [2.45, 2.75) is 58.6 Å². The Morgan fingerprint density at radius 3 is 2.56 bits per heavy atom. The van der Waals surface area contributed by atoms with Gasteiger partial charge < -0.3 is 24.8 Å². The molecule has 27 heavy (non-hydrogen) atoms. The molecule has 0 atom stereocenters. The predicted molar refractivity (Wildman–Crippen MR) is 102 cm³/mol. The summed E-state index contributed by atoms with van der Waals surface area (Å²) in [5.74, 6) is 0.695. The lowest BCUT2D eigenvalue weighted by Crippen LogP contribution is -2.32. The summed E-state index contributed by atoms with van der Waals surface area (Å²) in [4.78, 5) is 22.8. The molecule has 1 aromatic carbocycles. The van der Waals surface area contributed by atoms with E-state index in [1.807, 2.05) is 32.9 Å². The third kappa shape index (κ3) is 7.46. The number of hydrogen-bond donors (Lipinski definition) is 2. The van der Waals surface area contributed by atoms with Gasteiger partial charge in [-0.05, 0) is 69.8 Å². The minimum absolute atomic E-state index is 0.108. The first kappa shape index (κ1) is 21.0. The van der Waals surface area contributed by atoms with Gasteiger partial charge in [0.05, 0.1) is 0 Å². The first-order valence-corrected chi connectivity index (χ1v) is 9.31. The van der Waals surface area contributed by atoms with E-state index in [2.05, 4.69) is 16.7 Å². The van der Waals surface area contributed by atoms with Crippen molar-refractivity contribution in [3.8, 4) is 5.75 Å². The van der Waals surface area contributed by atoms with E-state index in [9.17, 15) is 9.59 Å². The molecule has 0 aromatic heterocycles. The molecule has 0 spiro atoms. The Balaban J connectivity index is 2.07. The van der Waals surface area contributed by atoms with E-state index in [1.165, 1.54) is 6.92 Å². The van der Waals surface area contributed by atoms with Gasteiger partial charge in [-0.3, -0.25) is 4.79 Å². The molecule has 7 nitrogen and oxygen atoms in total. The van der Waals surface area contributed by atoms with Crippen LogP contribution in [0.3, 0.4) is 0 Å². The second-order valence-electron chi connectivity index (χ2n) is 7.65. The van der Waals surface area contributed by atoms with Gasteiger partial charge in [0.2, 0.25) is 6.79 Å². The van der Waals surface area contributed by atoms with Crippen molar-refractivity contribution >= 4 is 12.1 Å². The molecular formula is C20H30N2O5. The highest BCUT2D eigenvalue weighted by molar-refractivity contribution is 5.67. The van der Waals surface area contributed by atoms with Gasteiger partial charge in [0, 0.05) is 13.5 Å². The normalized spacial score (nSPS) is 15.1. The Morgan fingerprint density at radius 1 is 1.22 bits per heavy atom. The van der Waals surface area contributed by atoms with Crippen LogP contribution in [0, 0.1) is 0 Å². The third-order valence-corrected chi connectivity index (χ3v) is 4.17. The molecule has 0 unspecified atom stereocenters. The Bertz CT molecular complexity index is 648. The average molecular weight is 378 g/mol. The number of carbonyl (C=O) groups excluding carboxylic acids is 2. The highest BCUT2D eigenvalue weighted by Crippen LogP contribution is 2.33. The fraction of sp³-hybridized carbons (Fsp3) is 0.600. The Kier molecular flexibility index (Phi) is 7.47. The fourth-order valence-electron chi connectivity index (χ4n) is 2.96. The third-order valence-electron chi connectivity index (χ3n) is 4.17. The van der Waals surface area contributed by atoms with Crippen LogP contribution >= 0.6 is 0 Å². The first-order valence-electron chi connectivity index (χ1n) is 9.31. The lowest BCUT2D eigenvalue weighted by Gasteiger charge is -2.25. The topological polar surface area (TPSA) is 85.9 Å². The van der Waals surface area contributed by atoms with Gasteiger partial charge in [0.1, 0.15) is 11.4 Å². The minimum Gasteiger partial charge on any atom is -0.457 e. The van der Waals surface area contributed by atoms with Gasteiger partial charge in [-0.25, -0.2) is 4.79 Å². The van der Waals surface area contributed by atoms with Crippen molar-refractivity contribution in [2.75, 3.05) is 19.9 Å². The zero-order valence-electron chi connectivity index (χ0n) is 16.6. The summed E-state index contributed by atoms with van der Waals surface area (Å²) in [6, 6.07) is 5.81. The van der Waals surface area contributed by atoms with Crippen molar-refractivity contribution in [3.63, 3.8) is 0 Å². The number of hydrogen-bond acceptors (Lipinski definition) is 6. The second-order valence-corrected chi connectivity index (χ2v) is 7.65. The zero-order valence-corrected chi connectivity index (χ0v) is 16.6. The maximum absolute atomic E-state index is 11.9. The van der Waals surface area contributed by atoms with Crippen LogP contribution in [-0.2, 0) is 20.8 Å². The molecule has 150 valence electrons. The summed E-state index contributed by atoms with van der Waals surface area (Å²) in [6.45, 7) is 9.01. The highest BCUT2D eigenvalue weighted by atomic mass is 16.7. The minimum atomic E-state index is -0.529. The largest absolute Gasteiger partial charge is 0.457 e. The molecule has 1 saturated heterocycles. The van der Waals surface area contributed by atoms with E-state index >= 15 is 0 Å². The molecule has 1 aromatic rings. The standard InChI is InChI=1S/C20H30N2O5/c1-14(23)25-13-26-18-6-5-15(12-22-19(24)27-20(2,3)4)11-17(18)16-7-9-21-10-8-16/h5-6,11,16,21H,7-10,12-13H2,1-4H3,(H,22,24). The molecule has 0 bridgehead atoms.